The number of hydrogen-bond donors (Lipinski definition) is 2. The highest BCUT2D eigenvalue weighted by atomic mass is 16.3. The van der Waals surface area contributed by atoms with Crippen LogP contribution in [0, 0.1) is 11.8 Å². The van der Waals surface area contributed by atoms with Crippen molar-refractivity contribution in [2.75, 3.05) is 0 Å². The molecule has 0 heterocycles. The average molecular weight is 170 g/mol. The van der Waals surface area contributed by atoms with Crippen LogP contribution in [-0.4, -0.2) is 22.4 Å². The summed E-state index contributed by atoms with van der Waals surface area (Å²) in [7, 11) is 0. The summed E-state index contributed by atoms with van der Waals surface area (Å²) in [5.41, 5.74) is 0. The van der Waals surface area contributed by atoms with Gasteiger partial charge in [0.15, 0.2) is 0 Å². The fourth-order valence-corrected chi connectivity index (χ4v) is 0.845. The molecule has 0 saturated carbocycles. The second-order valence-corrected chi connectivity index (χ2v) is 3.05. The molecule has 0 aromatic rings. The van der Waals surface area contributed by atoms with Crippen LogP contribution >= 0.6 is 0 Å². The molecule has 0 spiro atoms. The summed E-state index contributed by atoms with van der Waals surface area (Å²) in [6, 6.07) is 0. The van der Waals surface area contributed by atoms with Crippen molar-refractivity contribution in [3.8, 4) is 11.8 Å². The SMILES string of the molecule is CCCC(O)CC#CCC(C)O. The van der Waals surface area contributed by atoms with E-state index in [0.29, 0.717) is 12.8 Å². The van der Waals surface area contributed by atoms with E-state index in [9.17, 15) is 5.11 Å². The first-order valence-electron chi connectivity index (χ1n) is 4.48. The number of aliphatic hydroxyl groups excluding tert-OH is 2. The molecule has 12 heavy (non-hydrogen) atoms. The molecule has 70 valence electrons. The maximum Gasteiger partial charge on any atom is 0.0649 e. The molecule has 0 amide bonds. The van der Waals surface area contributed by atoms with Gasteiger partial charge in [0.1, 0.15) is 0 Å². The summed E-state index contributed by atoms with van der Waals surface area (Å²) in [5.74, 6) is 5.66. The highest BCUT2D eigenvalue weighted by molar-refractivity contribution is 5.01. The Morgan fingerprint density at radius 3 is 2.25 bits per heavy atom. The summed E-state index contributed by atoms with van der Waals surface area (Å²) in [6.07, 6.45) is 2.17. The summed E-state index contributed by atoms with van der Waals surface area (Å²) in [6.45, 7) is 3.74. The fourth-order valence-electron chi connectivity index (χ4n) is 0.845. The zero-order chi connectivity index (χ0) is 9.40. The molecule has 2 heteroatoms. The Kier molecular flexibility index (Phi) is 6.84. The van der Waals surface area contributed by atoms with Gasteiger partial charge in [0.2, 0.25) is 0 Å². The summed E-state index contributed by atoms with van der Waals surface area (Å²) < 4.78 is 0. The Balaban J connectivity index is 3.42. The molecule has 2 N–H and O–H groups in total. The molecule has 0 rings (SSSR count). The predicted octanol–water partition coefficient (Wildman–Crippen LogP) is 1.31. The minimum Gasteiger partial charge on any atom is -0.392 e. The zero-order valence-electron chi connectivity index (χ0n) is 7.88. The van der Waals surface area contributed by atoms with Gasteiger partial charge in [-0.25, -0.2) is 0 Å². The van der Waals surface area contributed by atoms with Crippen LogP contribution in [-0.2, 0) is 0 Å². The summed E-state index contributed by atoms with van der Waals surface area (Å²) in [5, 5.41) is 18.1. The molecule has 2 atom stereocenters. The van der Waals surface area contributed by atoms with Crippen LogP contribution < -0.4 is 0 Å². The molecule has 0 aliphatic rings. The second-order valence-electron chi connectivity index (χ2n) is 3.05. The molecule has 2 nitrogen and oxygen atoms in total. The molecule has 0 saturated heterocycles. The van der Waals surface area contributed by atoms with Crippen LogP contribution in [0.5, 0.6) is 0 Å². The lowest BCUT2D eigenvalue weighted by Crippen LogP contribution is -2.03. The van der Waals surface area contributed by atoms with E-state index in [1.54, 1.807) is 6.92 Å². The van der Waals surface area contributed by atoms with E-state index >= 15 is 0 Å². The van der Waals surface area contributed by atoms with E-state index < -0.39 is 0 Å². The Hall–Kier alpha value is -0.520. The largest absolute Gasteiger partial charge is 0.392 e. The first kappa shape index (κ1) is 11.5. The minimum atomic E-state index is -0.360. The van der Waals surface area contributed by atoms with Gasteiger partial charge in [0.25, 0.3) is 0 Å². The molecular formula is C10H18O2. The predicted molar refractivity (Wildman–Crippen MR) is 49.6 cm³/mol. The van der Waals surface area contributed by atoms with E-state index in [1.807, 2.05) is 6.92 Å². The van der Waals surface area contributed by atoms with Gasteiger partial charge >= 0.3 is 0 Å². The van der Waals surface area contributed by atoms with Crippen LogP contribution in [0.4, 0.5) is 0 Å². The van der Waals surface area contributed by atoms with Crippen LogP contribution in [0.15, 0.2) is 0 Å². The molecule has 0 bridgehead atoms. The second kappa shape index (κ2) is 7.15. The van der Waals surface area contributed by atoms with Crippen molar-refractivity contribution in [2.45, 2.75) is 51.7 Å². The average Bonchev–Trinajstić information content (AvgIpc) is 1.98. The Bertz CT molecular complexity index is 153. The summed E-state index contributed by atoms with van der Waals surface area (Å²) in [4.78, 5) is 0. The molecule has 0 aromatic carbocycles. The van der Waals surface area contributed by atoms with E-state index in [1.165, 1.54) is 0 Å². The lowest BCUT2D eigenvalue weighted by Gasteiger charge is -2.02. The number of rotatable bonds is 4. The van der Waals surface area contributed by atoms with Gasteiger partial charge in [-0.15, -0.1) is 11.8 Å². The van der Waals surface area contributed by atoms with Crippen LogP contribution in [0.3, 0.4) is 0 Å². The Morgan fingerprint density at radius 1 is 1.17 bits per heavy atom. The molecular weight excluding hydrogens is 152 g/mol. The molecule has 2 unspecified atom stereocenters. The van der Waals surface area contributed by atoms with Crippen LogP contribution in [0.1, 0.15) is 39.5 Å². The smallest absolute Gasteiger partial charge is 0.0649 e. The van der Waals surface area contributed by atoms with Gasteiger partial charge < -0.3 is 10.2 Å². The van der Waals surface area contributed by atoms with Gasteiger partial charge in [-0.2, -0.15) is 0 Å². The van der Waals surface area contributed by atoms with Crippen molar-refractivity contribution in [1.82, 2.24) is 0 Å². The Morgan fingerprint density at radius 2 is 1.75 bits per heavy atom. The van der Waals surface area contributed by atoms with Gasteiger partial charge in [0.05, 0.1) is 12.2 Å². The van der Waals surface area contributed by atoms with Crippen molar-refractivity contribution < 1.29 is 10.2 Å². The zero-order valence-corrected chi connectivity index (χ0v) is 7.88. The third kappa shape index (κ3) is 7.59. The summed E-state index contributed by atoms with van der Waals surface area (Å²) >= 11 is 0. The minimum absolute atomic E-state index is 0.295. The van der Waals surface area contributed by atoms with Crippen molar-refractivity contribution in [1.29, 1.82) is 0 Å². The van der Waals surface area contributed by atoms with Crippen LogP contribution in [0.2, 0.25) is 0 Å². The van der Waals surface area contributed by atoms with E-state index in [-0.39, 0.29) is 12.2 Å². The standard InChI is InChI=1S/C10H18O2/c1-3-6-10(12)8-5-4-7-9(2)11/h9-12H,3,6-8H2,1-2H3. The molecule has 0 aliphatic heterocycles. The quantitative estimate of drug-likeness (QED) is 0.624. The first-order valence-corrected chi connectivity index (χ1v) is 4.48. The monoisotopic (exact) mass is 170 g/mol. The van der Waals surface area contributed by atoms with Crippen molar-refractivity contribution in [3.05, 3.63) is 0 Å². The Labute approximate surface area is 74.6 Å². The van der Waals surface area contributed by atoms with Crippen molar-refractivity contribution in [3.63, 3.8) is 0 Å². The number of hydrogen-bond acceptors (Lipinski definition) is 2. The molecule has 0 fully saturated rings. The molecule has 0 aromatic heterocycles. The fraction of sp³-hybridized carbons (Fsp3) is 0.800. The molecule has 0 aliphatic carbocycles. The van der Waals surface area contributed by atoms with E-state index in [2.05, 4.69) is 11.8 Å². The van der Waals surface area contributed by atoms with Gasteiger partial charge in [-0.05, 0) is 13.3 Å². The normalized spacial score (nSPS) is 14.7. The first-order chi connectivity index (χ1) is 5.66. The highest BCUT2D eigenvalue weighted by Crippen LogP contribution is 1.99. The third-order valence-electron chi connectivity index (χ3n) is 1.48. The number of aliphatic hydroxyl groups is 2. The third-order valence-corrected chi connectivity index (χ3v) is 1.48. The topological polar surface area (TPSA) is 40.5 Å². The van der Waals surface area contributed by atoms with Gasteiger partial charge in [0, 0.05) is 12.8 Å². The lowest BCUT2D eigenvalue weighted by atomic mass is 10.1. The van der Waals surface area contributed by atoms with E-state index in [0.717, 1.165) is 12.8 Å². The van der Waals surface area contributed by atoms with Gasteiger partial charge in [-0.3, -0.25) is 0 Å². The van der Waals surface area contributed by atoms with Gasteiger partial charge in [-0.1, -0.05) is 13.3 Å². The highest BCUT2D eigenvalue weighted by Gasteiger charge is 1.98. The molecule has 0 radical (unpaired) electrons. The van der Waals surface area contributed by atoms with Crippen LogP contribution in [0.25, 0.3) is 0 Å². The maximum absolute atomic E-state index is 9.25. The maximum atomic E-state index is 9.25. The van der Waals surface area contributed by atoms with Crippen molar-refractivity contribution in [2.24, 2.45) is 0 Å². The van der Waals surface area contributed by atoms with Crippen molar-refractivity contribution >= 4 is 0 Å². The van der Waals surface area contributed by atoms with E-state index in [4.69, 9.17) is 5.11 Å². The lowest BCUT2D eigenvalue weighted by molar-refractivity contribution is 0.169.